The molecular weight excluding hydrogens is 486 g/mol. The number of amides is 2. The molecule has 1 atom stereocenters. The molecule has 0 spiro atoms. The monoisotopic (exact) mass is 509 g/mol. The lowest BCUT2D eigenvalue weighted by atomic mass is 10.1. The molecule has 3 aromatic rings. The molecule has 0 unspecified atom stereocenters. The van der Waals surface area contributed by atoms with Crippen molar-refractivity contribution in [3.63, 3.8) is 0 Å². The second kappa shape index (κ2) is 10.8. The zero-order valence-electron chi connectivity index (χ0n) is 19.2. The maximum absolute atomic E-state index is 13.6. The van der Waals surface area contributed by atoms with E-state index in [4.69, 9.17) is 33.3 Å². The van der Waals surface area contributed by atoms with Crippen LogP contribution in [-0.2, 0) is 16.1 Å². The number of hydrogen-bond acceptors (Lipinski definition) is 5. The summed E-state index contributed by atoms with van der Waals surface area (Å²) in [6, 6.07) is 20.6. The summed E-state index contributed by atoms with van der Waals surface area (Å²) in [7, 11) is 3.18. The molecule has 0 radical (unpaired) electrons. The van der Waals surface area contributed by atoms with Crippen LogP contribution in [0.4, 0.5) is 11.4 Å². The Kier molecular flexibility index (Phi) is 7.53. The Morgan fingerprint density at radius 1 is 0.943 bits per heavy atom. The van der Waals surface area contributed by atoms with Crippen LogP contribution < -0.4 is 19.7 Å². The summed E-state index contributed by atoms with van der Waals surface area (Å²) < 4.78 is 10.5. The van der Waals surface area contributed by atoms with E-state index in [9.17, 15) is 9.59 Å². The van der Waals surface area contributed by atoms with Gasteiger partial charge >= 0.3 is 0 Å². The molecule has 0 aliphatic carbocycles. The molecule has 1 aliphatic rings. The standard InChI is InChI=1S/C26H24ClN3O4S/c1-33-21-11-3-17(4-12-21)16-29-23(15-24(31)28-19-7-5-18(27)6-8-19)25(32)30(26(29)35)20-9-13-22(34-2)14-10-20/h3-14,23H,15-16H2,1-2H3,(H,28,31)/t23-/m0/s1. The van der Waals surface area contributed by atoms with Crippen LogP contribution in [0.25, 0.3) is 0 Å². The molecule has 35 heavy (non-hydrogen) atoms. The first kappa shape index (κ1) is 24.5. The van der Waals surface area contributed by atoms with Crippen LogP contribution in [-0.4, -0.2) is 42.1 Å². The number of carbonyl (C=O) groups is 2. The molecule has 1 aliphatic heterocycles. The Morgan fingerprint density at radius 2 is 1.51 bits per heavy atom. The van der Waals surface area contributed by atoms with Crippen molar-refractivity contribution >= 4 is 52.1 Å². The Hall–Kier alpha value is -3.62. The first-order valence-electron chi connectivity index (χ1n) is 10.9. The number of nitrogens with one attached hydrogen (secondary N) is 1. The second-order valence-electron chi connectivity index (χ2n) is 7.91. The Balaban J connectivity index is 1.59. The molecule has 4 rings (SSSR count). The first-order valence-corrected chi connectivity index (χ1v) is 11.6. The Morgan fingerprint density at radius 3 is 2.09 bits per heavy atom. The quantitative estimate of drug-likeness (QED) is 0.436. The number of ether oxygens (including phenoxy) is 2. The van der Waals surface area contributed by atoms with E-state index in [-0.39, 0.29) is 18.2 Å². The van der Waals surface area contributed by atoms with Gasteiger partial charge in [-0.05, 0) is 78.4 Å². The molecule has 0 saturated carbocycles. The highest BCUT2D eigenvalue weighted by molar-refractivity contribution is 7.80. The SMILES string of the molecule is COc1ccc(CN2C(=S)N(c3ccc(OC)cc3)C(=O)[C@@H]2CC(=O)Nc2ccc(Cl)cc2)cc1. The predicted octanol–water partition coefficient (Wildman–Crippen LogP) is 4.89. The summed E-state index contributed by atoms with van der Waals surface area (Å²) in [5.74, 6) is 0.831. The number of methoxy groups -OCH3 is 2. The minimum atomic E-state index is -0.765. The number of carbonyl (C=O) groups excluding carboxylic acids is 2. The largest absolute Gasteiger partial charge is 0.497 e. The van der Waals surface area contributed by atoms with Crippen molar-refractivity contribution in [2.45, 2.75) is 19.0 Å². The molecule has 1 fully saturated rings. The van der Waals surface area contributed by atoms with Crippen molar-refractivity contribution in [1.82, 2.24) is 4.90 Å². The number of halogens is 1. The van der Waals surface area contributed by atoms with Gasteiger partial charge in [-0.25, -0.2) is 0 Å². The molecule has 2 amide bonds. The maximum atomic E-state index is 13.6. The molecule has 7 nitrogen and oxygen atoms in total. The van der Waals surface area contributed by atoms with E-state index in [1.54, 1.807) is 67.7 Å². The average Bonchev–Trinajstić information content (AvgIpc) is 3.09. The molecule has 1 saturated heterocycles. The minimum Gasteiger partial charge on any atom is -0.497 e. The van der Waals surface area contributed by atoms with Crippen LogP contribution in [0.3, 0.4) is 0 Å². The zero-order valence-corrected chi connectivity index (χ0v) is 20.8. The van der Waals surface area contributed by atoms with Gasteiger partial charge in [-0.15, -0.1) is 0 Å². The van der Waals surface area contributed by atoms with E-state index in [1.165, 1.54) is 4.90 Å². The predicted molar refractivity (Wildman–Crippen MR) is 140 cm³/mol. The fourth-order valence-electron chi connectivity index (χ4n) is 3.83. The second-order valence-corrected chi connectivity index (χ2v) is 8.71. The van der Waals surface area contributed by atoms with Gasteiger partial charge in [0.25, 0.3) is 5.91 Å². The maximum Gasteiger partial charge on any atom is 0.256 e. The number of thiocarbonyl (C=S) groups is 1. The third kappa shape index (κ3) is 5.55. The molecule has 0 bridgehead atoms. The summed E-state index contributed by atoms with van der Waals surface area (Å²) in [5.41, 5.74) is 2.14. The molecular formula is C26H24ClN3O4S. The highest BCUT2D eigenvalue weighted by Crippen LogP contribution is 2.30. The van der Waals surface area contributed by atoms with Gasteiger partial charge in [-0.1, -0.05) is 23.7 Å². The Bertz CT molecular complexity index is 1220. The average molecular weight is 510 g/mol. The van der Waals surface area contributed by atoms with Crippen molar-refractivity contribution in [1.29, 1.82) is 0 Å². The summed E-state index contributed by atoms with van der Waals surface area (Å²) in [4.78, 5) is 29.7. The third-order valence-corrected chi connectivity index (χ3v) is 6.34. The lowest BCUT2D eigenvalue weighted by molar-refractivity contribution is -0.124. The van der Waals surface area contributed by atoms with Crippen LogP contribution in [0.1, 0.15) is 12.0 Å². The first-order chi connectivity index (χ1) is 16.9. The lowest BCUT2D eigenvalue weighted by Crippen LogP contribution is -2.37. The molecule has 3 aromatic carbocycles. The van der Waals surface area contributed by atoms with Crippen molar-refractivity contribution in [3.8, 4) is 11.5 Å². The van der Waals surface area contributed by atoms with Crippen molar-refractivity contribution in [2.75, 3.05) is 24.4 Å². The minimum absolute atomic E-state index is 0.0651. The van der Waals surface area contributed by atoms with Crippen LogP contribution >= 0.6 is 23.8 Å². The number of anilines is 2. The van der Waals surface area contributed by atoms with Gasteiger partial charge < -0.3 is 19.7 Å². The fourth-order valence-corrected chi connectivity index (χ4v) is 4.34. The van der Waals surface area contributed by atoms with E-state index in [0.29, 0.717) is 33.8 Å². The van der Waals surface area contributed by atoms with Crippen LogP contribution in [0.5, 0.6) is 11.5 Å². The topological polar surface area (TPSA) is 71.1 Å². The smallest absolute Gasteiger partial charge is 0.256 e. The van der Waals surface area contributed by atoms with Gasteiger partial charge in [0, 0.05) is 17.3 Å². The van der Waals surface area contributed by atoms with Crippen LogP contribution in [0.2, 0.25) is 5.02 Å². The van der Waals surface area contributed by atoms with Gasteiger partial charge in [-0.3, -0.25) is 14.5 Å². The number of rotatable bonds is 8. The molecule has 1 heterocycles. The van der Waals surface area contributed by atoms with Gasteiger partial charge in [0.05, 0.1) is 26.3 Å². The fraction of sp³-hybridized carbons (Fsp3) is 0.192. The summed E-state index contributed by atoms with van der Waals surface area (Å²) in [6.07, 6.45) is -0.0651. The summed E-state index contributed by atoms with van der Waals surface area (Å²) in [5, 5.41) is 3.73. The van der Waals surface area contributed by atoms with Gasteiger partial charge in [-0.2, -0.15) is 0 Å². The molecule has 9 heteroatoms. The highest BCUT2D eigenvalue weighted by atomic mass is 35.5. The zero-order chi connectivity index (χ0) is 24.9. The van der Waals surface area contributed by atoms with E-state index in [2.05, 4.69) is 5.32 Å². The van der Waals surface area contributed by atoms with Gasteiger partial charge in [0.15, 0.2) is 5.11 Å². The van der Waals surface area contributed by atoms with E-state index >= 15 is 0 Å². The van der Waals surface area contributed by atoms with Gasteiger partial charge in [0.1, 0.15) is 17.5 Å². The summed E-state index contributed by atoms with van der Waals surface area (Å²) in [6.45, 7) is 0.361. The molecule has 180 valence electrons. The van der Waals surface area contributed by atoms with Gasteiger partial charge in [0.2, 0.25) is 5.91 Å². The number of hydrogen-bond donors (Lipinski definition) is 1. The van der Waals surface area contributed by atoms with Crippen LogP contribution in [0, 0.1) is 0 Å². The normalized spacial score (nSPS) is 15.3. The third-order valence-electron chi connectivity index (χ3n) is 5.67. The Labute approximate surface area is 214 Å². The van der Waals surface area contributed by atoms with E-state index < -0.39 is 6.04 Å². The van der Waals surface area contributed by atoms with Crippen LogP contribution in [0.15, 0.2) is 72.8 Å². The van der Waals surface area contributed by atoms with E-state index in [1.807, 2.05) is 24.3 Å². The van der Waals surface area contributed by atoms with Crippen molar-refractivity contribution in [3.05, 3.63) is 83.4 Å². The lowest BCUT2D eigenvalue weighted by Gasteiger charge is -2.24. The molecule has 0 aromatic heterocycles. The van der Waals surface area contributed by atoms with E-state index in [0.717, 1.165) is 11.3 Å². The molecule has 1 N–H and O–H groups in total. The number of nitrogens with zero attached hydrogens (tertiary/aromatic N) is 2. The van der Waals surface area contributed by atoms with Crippen molar-refractivity contribution < 1.29 is 19.1 Å². The highest BCUT2D eigenvalue weighted by Gasteiger charge is 2.44. The van der Waals surface area contributed by atoms with Crippen molar-refractivity contribution in [2.24, 2.45) is 0 Å². The number of benzene rings is 3. The summed E-state index contributed by atoms with van der Waals surface area (Å²) >= 11 is 11.7.